The minimum Gasteiger partial charge on any atom is -0.489 e. The lowest BCUT2D eigenvalue weighted by Crippen LogP contribution is -2.44. The number of aliphatic carboxylic acids is 5. The second-order valence-corrected chi connectivity index (χ2v) is 12.3. The van der Waals surface area contributed by atoms with Gasteiger partial charge in [-0.1, -0.05) is 12.1 Å². The molecule has 0 saturated carbocycles. The van der Waals surface area contributed by atoms with Crippen LogP contribution in [-0.4, -0.2) is 98.1 Å². The summed E-state index contributed by atoms with van der Waals surface area (Å²) in [4.78, 5) is 105. The van der Waals surface area contributed by atoms with E-state index in [1.54, 1.807) is 18.2 Å². The highest BCUT2D eigenvalue weighted by Gasteiger charge is 2.34. The minimum absolute atomic E-state index is 0.236. The summed E-state index contributed by atoms with van der Waals surface area (Å²) in [5, 5.41) is 56.2. The molecule has 20 heteroatoms. The number of carbonyl (C=O) groups is 9. The molecule has 0 saturated heterocycles. The molecule has 1 heterocycles. The summed E-state index contributed by atoms with van der Waals surface area (Å²) in [7, 11) is 0. The number of carboxylic acid groups (broad SMARTS) is 5. The second kappa shape index (κ2) is 23.2. The fourth-order valence-corrected chi connectivity index (χ4v) is 5.25. The van der Waals surface area contributed by atoms with E-state index in [0.29, 0.717) is 24.3 Å². The van der Waals surface area contributed by atoms with Gasteiger partial charge in [0.1, 0.15) is 30.2 Å². The van der Waals surface area contributed by atoms with Crippen molar-refractivity contribution in [2.45, 2.75) is 83.0 Å². The summed E-state index contributed by atoms with van der Waals surface area (Å²) < 4.78 is 11.0. The van der Waals surface area contributed by atoms with Crippen LogP contribution in [0.2, 0.25) is 0 Å². The van der Waals surface area contributed by atoms with Crippen LogP contribution in [-0.2, 0) is 62.7 Å². The number of hydrogen-bond donors (Lipinski definition) is 9. The molecule has 0 spiro atoms. The topological polar surface area (TPSA) is 325 Å². The molecule has 0 unspecified atom stereocenters. The maximum atomic E-state index is 12.5. The largest absolute Gasteiger partial charge is 0.489 e. The molecule has 55 heavy (non-hydrogen) atoms. The van der Waals surface area contributed by atoms with Crippen molar-refractivity contribution in [3.05, 3.63) is 53.5 Å². The highest BCUT2D eigenvalue weighted by Crippen LogP contribution is 2.24. The van der Waals surface area contributed by atoms with Crippen molar-refractivity contribution >= 4 is 54.0 Å². The number of furan rings is 1. The first kappa shape index (κ1) is 44.7. The number of carbonyl (C=O) groups excluding carboxylic acids is 4. The molecule has 0 aliphatic carbocycles. The van der Waals surface area contributed by atoms with Gasteiger partial charge in [-0.15, -0.1) is 0 Å². The predicted octanol–water partition coefficient (Wildman–Crippen LogP) is 0.509. The van der Waals surface area contributed by atoms with Gasteiger partial charge >= 0.3 is 29.8 Å². The highest BCUT2D eigenvalue weighted by atomic mass is 16.5. The molecule has 0 radical (unpaired) electrons. The van der Waals surface area contributed by atoms with E-state index < -0.39 is 110 Å². The van der Waals surface area contributed by atoms with Crippen molar-refractivity contribution in [3.63, 3.8) is 0 Å². The normalized spacial score (nSPS) is 12.9. The zero-order valence-electron chi connectivity index (χ0n) is 29.6. The van der Waals surface area contributed by atoms with E-state index in [4.69, 9.17) is 14.3 Å². The Morgan fingerprint density at radius 3 is 1.71 bits per heavy atom. The van der Waals surface area contributed by atoms with Gasteiger partial charge in [0.05, 0.1) is 24.6 Å². The van der Waals surface area contributed by atoms with Gasteiger partial charge in [-0.2, -0.15) is 0 Å². The predicted molar refractivity (Wildman–Crippen MR) is 185 cm³/mol. The average molecular weight is 777 g/mol. The molecule has 0 aliphatic rings. The van der Waals surface area contributed by atoms with E-state index in [-0.39, 0.29) is 32.5 Å². The molecular weight excluding hydrogens is 732 g/mol. The van der Waals surface area contributed by atoms with Crippen molar-refractivity contribution < 1.29 is 77.8 Å². The zero-order chi connectivity index (χ0) is 40.9. The lowest BCUT2D eigenvalue weighted by Gasteiger charge is -2.20. The van der Waals surface area contributed by atoms with Crippen LogP contribution in [0.5, 0.6) is 5.75 Å². The Hall–Kier alpha value is -6.47. The molecule has 2 aromatic rings. The lowest BCUT2D eigenvalue weighted by atomic mass is 9.85. The van der Waals surface area contributed by atoms with Crippen LogP contribution in [0.1, 0.15) is 68.3 Å². The third-order valence-electron chi connectivity index (χ3n) is 8.19. The second-order valence-electron chi connectivity index (χ2n) is 12.3. The van der Waals surface area contributed by atoms with Crippen LogP contribution in [0.3, 0.4) is 0 Å². The number of carboxylic acids is 5. The van der Waals surface area contributed by atoms with Gasteiger partial charge < -0.3 is 56.0 Å². The Kier molecular flexibility index (Phi) is 18.9. The van der Waals surface area contributed by atoms with Crippen molar-refractivity contribution in [1.82, 2.24) is 21.3 Å². The van der Waals surface area contributed by atoms with Gasteiger partial charge in [0, 0.05) is 37.8 Å². The van der Waals surface area contributed by atoms with Gasteiger partial charge in [-0.05, 0) is 55.9 Å². The number of rotatable bonds is 28. The van der Waals surface area contributed by atoms with E-state index in [0.717, 1.165) is 11.1 Å². The van der Waals surface area contributed by atoms with Gasteiger partial charge in [-0.25, -0.2) is 9.59 Å². The minimum atomic E-state index is -1.64. The third kappa shape index (κ3) is 17.3. The first-order valence-corrected chi connectivity index (χ1v) is 17.0. The molecule has 9 N–H and O–H groups in total. The Labute approximate surface area is 313 Å². The summed E-state index contributed by atoms with van der Waals surface area (Å²) >= 11 is 0. The Bertz CT molecular complexity index is 1660. The number of nitrogens with one attached hydrogen (secondary N) is 4. The Balaban J connectivity index is 1.76. The van der Waals surface area contributed by atoms with E-state index in [2.05, 4.69) is 21.3 Å². The van der Waals surface area contributed by atoms with Crippen molar-refractivity contribution in [2.24, 2.45) is 11.8 Å². The Morgan fingerprint density at radius 1 is 0.673 bits per heavy atom. The Morgan fingerprint density at radius 2 is 1.20 bits per heavy atom. The van der Waals surface area contributed by atoms with Crippen LogP contribution >= 0.6 is 0 Å². The molecule has 1 aromatic heterocycles. The maximum Gasteiger partial charge on any atom is 0.326 e. The van der Waals surface area contributed by atoms with E-state index >= 15 is 0 Å². The van der Waals surface area contributed by atoms with Crippen LogP contribution in [0.25, 0.3) is 0 Å². The summed E-state index contributed by atoms with van der Waals surface area (Å²) in [6.07, 6.45) is -1.31. The zero-order valence-corrected chi connectivity index (χ0v) is 29.6. The lowest BCUT2D eigenvalue weighted by molar-refractivity contribution is -0.155. The molecule has 4 amide bonds. The van der Waals surface area contributed by atoms with E-state index in [1.165, 1.54) is 6.26 Å². The number of hydrogen-bond acceptors (Lipinski definition) is 11. The van der Waals surface area contributed by atoms with E-state index in [9.17, 15) is 63.6 Å². The highest BCUT2D eigenvalue weighted by molar-refractivity contribution is 5.87. The first-order valence-electron chi connectivity index (χ1n) is 17.0. The van der Waals surface area contributed by atoms with Gasteiger partial charge in [0.2, 0.25) is 24.1 Å². The smallest absolute Gasteiger partial charge is 0.326 e. The number of benzene rings is 1. The molecule has 0 fully saturated rings. The van der Waals surface area contributed by atoms with Crippen LogP contribution in [0.15, 0.2) is 41.0 Å². The van der Waals surface area contributed by atoms with Gasteiger partial charge in [-0.3, -0.25) is 33.6 Å². The molecule has 0 aliphatic heterocycles. The maximum absolute atomic E-state index is 12.5. The van der Waals surface area contributed by atoms with E-state index in [1.807, 2.05) is 12.1 Å². The van der Waals surface area contributed by atoms with Crippen LogP contribution < -0.4 is 26.0 Å². The summed E-state index contributed by atoms with van der Waals surface area (Å²) in [6.45, 7) is 0.746. The van der Waals surface area contributed by atoms with Gasteiger partial charge in [0.25, 0.3) is 0 Å². The molecule has 4 atom stereocenters. The first-order chi connectivity index (χ1) is 26.1. The van der Waals surface area contributed by atoms with Crippen LogP contribution in [0, 0.1) is 11.8 Å². The van der Waals surface area contributed by atoms with Crippen molar-refractivity contribution in [2.75, 3.05) is 6.54 Å². The molecule has 1 aromatic carbocycles. The molecule has 300 valence electrons. The molecule has 2 rings (SSSR count). The SMILES string of the molecule is O=CNCc1cc(COc2ccc(CCNC(=O)CC[C@@H](NC(=O)CC[C@H](NC(=O)CC[C@@H](C(=O)O)[C@H](CCC(=O)O)C(=O)O)C(=O)O)C(=O)O)cc2)co1. The average Bonchev–Trinajstić information content (AvgIpc) is 3.58. The monoisotopic (exact) mass is 776 g/mol. The quantitative estimate of drug-likeness (QED) is 0.0532. The van der Waals surface area contributed by atoms with Crippen molar-refractivity contribution in [1.29, 1.82) is 0 Å². The number of amides is 4. The standard InChI is InChI=1S/C35H44N4O16/c40-19-36-16-23-15-21(18-55-23)17-54-22-3-1-20(2-4-22)13-14-37-28(41)10-7-26(34(50)51)39-30(43)11-8-27(35(52)53)38-29(42)9-5-24(32(46)47)25(33(48)49)6-12-31(44)45/h1-4,15,18-19,24-27H,5-14,16-17H2,(H,36,40)(H,37,41)(H,38,42)(H,39,43)(H,44,45)(H,46,47)(H,48,49)(H,50,51)(H,52,53)/t24-,25+,26-,27+/m1/s1. The van der Waals surface area contributed by atoms with Crippen LogP contribution in [0.4, 0.5) is 0 Å². The summed E-state index contributed by atoms with van der Waals surface area (Å²) in [5.74, 6) is -11.9. The summed E-state index contributed by atoms with van der Waals surface area (Å²) in [5.41, 5.74) is 1.66. The fraction of sp³-hybridized carbons (Fsp3) is 0.457. The molecule has 0 bridgehead atoms. The van der Waals surface area contributed by atoms with Gasteiger partial charge in [0.15, 0.2) is 0 Å². The summed E-state index contributed by atoms with van der Waals surface area (Å²) in [6, 6.07) is 5.76. The molecule has 20 nitrogen and oxygen atoms in total. The number of ether oxygens (including phenoxy) is 1. The third-order valence-corrected chi connectivity index (χ3v) is 8.19. The molecular formula is C35H44N4O16. The fourth-order valence-electron chi connectivity index (χ4n) is 5.25. The van der Waals surface area contributed by atoms with Crippen molar-refractivity contribution in [3.8, 4) is 5.75 Å².